The van der Waals surface area contributed by atoms with Crippen LogP contribution in [-0.2, 0) is 5.54 Å². The summed E-state index contributed by atoms with van der Waals surface area (Å²) in [7, 11) is 0. The van der Waals surface area contributed by atoms with Crippen molar-refractivity contribution in [3.05, 3.63) is 56.4 Å². The van der Waals surface area contributed by atoms with Crippen LogP contribution in [0.25, 0.3) is 0 Å². The van der Waals surface area contributed by atoms with E-state index in [0.29, 0.717) is 12.0 Å². The first kappa shape index (κ1) is 12.7. The van der Waals surface area contributed by atoms with Crippen molar-refractivity contribution in [1.82, 2.24) is 0 Å². The monoisotopic (exact) mass is 313 g/mol. The standard InChI is InChI=1S/C13H13BrFNS/c1-2-13(16,10-7-17-8-11(10)14)9-5-3-4-6-12(9)15/h3-8H,2,16H2,1H3. The number of nitrogens with two attached hydrogens (primary N) is 1. The predicted octanol–water partition coefficient (Wildman–Crippen LogP) is 4.26. The molecule has 1 nitrogen and oxygen atoms in total. The van der Waals surface area contributed by atoms with Gasteiger partial charge in [0.2, 0.25) is 0 Å². The second-order valence-electron chi connectivity index (χ2n) is 3.94. The quantitative estimate of drug-likeness (QED) is 0.900. The molecule has 0 spiro atoms. The number of hydrogen-bond donors (Lipinski definition) is 1. The zero-order valence-electron chi connectivity index (χ0n) is 9.41. The van der Waals surface area contributed by atoms with Crippen LogP contribution in [0.5, 0.6) is 0 Å². The van der Waals surface area contributed by atoms with Gasteiger partial charge in [-0.05, 0) is 33.8 Å². The lowest BCUT2D eigenvalue weighted by molar-refractivity contribution is 0.479. The average Bonchev–Trinajstić information content (AvgIpc) is 2.76. The van der Waals surface area contributed by atoms with Crippen molar-refractivity contribution in [3.8, 4) is 0 Å². The molecule has 1 aromatic carbocycles. The van der Waals surface area contributed by atoms with Crippen LogP contribution in [0.1, 0.15) is 24.5 Å². The van der Waals surface area contributed by atoms with Crippen molar-refractivity contribution in [2.75, 3.05) is 0 Å². The molecule has 2 rings (SSSR count). The summed E-state index contributed by atoms with van der Waals surface area (Å²) in [6.07, 6.45) is 0.642. The molecular weight excluding hydrogens is 301 g/mol. The topological polar surface area (TPSA) is 26.0 Å². The van der Waals surface area contributed by atoms with Crippen molar-refractivity contribution < 1.29 is 4.39 Å². The summed E-state index contributed by atoms with van der Waals surface area (Å²) in [5, 5.41) is 3.94. The summed E-state index contributed by atoms with van der Waals surface area (Å²) in [4.78, 5) is 0. The van der Waals surface area contributed by atoms with E-state index in [1.165, 1.54) is 6.07 Å². The van der Waals surface area contributed by atoms with Crippen LogP contribution in [0.15, 0.2) is 39.5 Å². The van der Waals surface area contributed by atoms with Gasteiger partial charge in [-0.15, -0.1) is 0 Å². The highest BCUT2D eigenvalue weighted by molar-refractivity contribution is 9.10. The summed E-state index contributed by atoms with van der Waals surface area (Å²) in [5.74, 6) is -0.255. The average molecular weight is 314 g/mol. The van der Waals surface area contributed by atoms with Gasteiger partial charge >= 0.3 is 0 Å². The van der Waals surface area contributed by atoms with E-state index in [1.807, 2.05) is 23.8 Å². The summed E-state index contributed by atoms with van der Waals surface area (Å²) in [5.41, 5.74) is 7.13. The molecule has 0 amide bonds. The van der Waals surface area contributed by atoms with Gasteiger partial charge in [-0.2, -0.15) is 11.3 Å². The maximum absolute atomic E-state index is 13.9. The Morgan fingerprint density at radius 3 is 2.53 bits per heavy atom. The number of halogens is 2. The fourth-order valence-electron chi connectivity index (χ4n) is 1.95. The first-order valence-corrected chi connectivity index (χ1v) is 7.09. The van der Waals surface area contributed by atoms with Gasteiger partial charge in [0, 0.05) is 21.0 Å². The Kier molecular flexibility index (Phi) is 3.66. The molecule has 0 fully saturated rings. The molecule has 1 atom stereocenters. The van der Waals surface area contributed by atoms with Crippen molar-refractivity contribution in [2.24, 2.45) is 5.73 Å². The first-order chi connectivity index (χ1) is 8.09. The van der Waals surface area contributed by atoms with Crippen LogP contribution in [-0.4, -0.2) is 0 Å². The molecule has 17 heavy (non-hydrogen) atoms. The van der Waals surface area contributed by atoms with Crippen LogP contribution in [0.4, 0.5) is 4.39 Å². The molecule has 0 radical (unpaired) electrons. The molecule has 0 saturated carbocycles. The molecule has 2 N–H and O–H groups in total. The van der Waals surface area contributed by atoms with Gasteiger partial charge in [-0.25, -0.2) is 4.39 Å². The van der Waals surface area contributed by atoms with E-state index in [0.717, 1.165) is 10.0 Å². The molecule has 0 aliphatic carbocycles. The molecule has 2 aromatic rings. The Morgan fingerprint density at radius 1 is 1.29 bits per heavy atom. The van der Waals surface area contributed by atoms with E-state index < -0.39 is 5.54 Å². The fourth-order valence-corrected chi connectivity index (χ4v) is 3.68. The van der Waals surface area contributed by atoms with Crippen LogP contribution >= 0.6 is 27.3 Å². The van der Waals surface area contributed by atoms with Crippen LogP contribution in [0.3, 0.4) is 0 Å². The molecule has 1 unspecified atom stereocenters. The molecular formula is C13H13BrFNS. The maximum atomic E-state index is 13.9. The molecule has 0 aliphatic heterocycles. The van der Waals surface area contributed by atoms with Crippen LogP contribution in [0.2, 0.25) is 0 Å². The minimum atomic E-state index is -0.774. The second-order valence-corrected chi connectivity index (χ2v) is 5.54. The molecule has 4 heteroatoms. The smallest absolute Gasteiger partial charge is 0.128 e. The lowest BCUT2D eigenvalue weighted by atomic mass is 9.83. The third-order valence-electron chi connectivity index (χ3n) is 3.01. The van der Waals surface area contributed by atoms with Crippen LogP contribution < -0.4 is 5.73 Å². The summed E-state index contributed by atoms with van der Waals surface area (Å²) in [6, 6.07) is 6.70. The highest BCUT2D eigenvalue weighted by Crippen LogP contribution is 2.37. The molecule has 0 saturated heterocycles. The molecule has 0 aliphatic rings. The Balaban J connectivity index is 2.60. The Bertz CT molecular complexity index is 526. The second kappa shape index (κ2) is 4.88. The number of hydrogen-bond acceptors (Lipinski definition) is 2. The van der Waals surface area contributed by atoms with Crippen LogP contribution in [0, 0.1) is 5.82 Å². The third kappa shape index (κ3) is 2.17. The lowest BCUT2D eigenvalue weighted by Gasteiger charge is -2.29. The fraction of sp³-hybridized carbons (Fsp3) is 0.231. The highest BCUT2D eigenvalue weighted by atomic mass is 79.9. The molecule has 90 valence electrons. The minimum absolute atomic E-state index is 0.255. The molecule has 1 aromatic heterocycles. The van der Waals surface area contributed by atoms with Gasteiger partial charge in [0.15, 0.2) is 0 Å². The van der Waals surface area contributed by atoms with Crippen molar-refractivity contribution in [3.63, 3.8) is 0 Å². The Labute approximate surface area is 113 Å². The zero-order chi connectivity index (χ0) is 12.5. The normalized spacial score (nSPS) is 14.6. The van der Waals surface area contributed by atoms with E-state index in [-0.39, 0.29) is 5.82 Å². The van der Waals surface area contributed by atoms with E-state index in [9.17, 15) is 4.39 Å². The van der Waals surface area contributed by atoms with Crippen molar-refractivity contribution in [2.45, 2.75) is 18.9 Å². The van der Waals surface area contributed by atoms with Gasteiger partial charge in [0.05, 0.1) is 5.54 Å². The predicted molar refractivity (Wildman–Crippen MR) is 73.7 cm³/mol. The maximum Gasteiger partial charge on any atom is 0.128 e. The summed E-state index contributed by atoms with van der Waals surface area (Å²) in [6.45, 7) is 1.97. The van der Waals surface area contributed by atoms with Gasteiger partial charge in [-0.3, -0.25) is 0 Å². The Hall–Kier alpha value is -0.710. The van der Waals surface area contributed by atoms with E-state index in [2.05, 4.69) is 15.9 Å². The minimum Gasteiger partial charge on any atom is -0.318 e. The van der Waals surface area contributed by atoms with Gasteiger partial charge in [0.1, 0.15) is 5.82 Å². The number of rotatable bonds is 3. The number of benzene rings is 1. The van der Waals surface area contributed by atoms with Crippen molar-refractivity contribution >= 4 is 27.3 Å². The van der Waals surface area contributed by atoms with Gasteiger partial charge < -0.3 is 5.73 Å². The van der Waals surface area contributed by atoms with E-state index >= 15 is 0 Å². The Morgan fingerprint density at radius 2 is 2.00 bits per heavy atom. The summed E-state index contributed by atoms with van der Waals surface area (Å²) < 4.78 is 14.8. The molecule has 0 bridgehead atoms. The lowest BCUT2D eigenvalue weighted by Crippen LogP contribution is -2.38. The SMILES string of the molecule is CCC(N)(c1ccccc1F)c1cscc1Br. The zero-order valence-corrected chi connectivity index (χ0v) is 11.8. The largest absolute Gasteiger partial charge is 0.318 e. The molecule has 1 heterocycles. The van der Waals surface area contributed by atoms with E-state index in [4.69, 9.17) is 5.73 Å². The first-order valence-electron chi connectivity index (χ1n) is 5.35. The number of thiophene rings is 1. The summed E-state index contributed by atoms with van der Waals surface area (Å²) >= 11 is 5.03. The van der Waals surface area contributed by atoms with E-state index in [1.54, 1.807) is 23.5 Å². The third-order valence-corrected chi connectivity index (χ3v) is 4.71. The highest BCUT2D eigenvalue weighted by Gasteiger charge is 2.32. The van der Waals surface area contributed by atoms with Gasteiger partial charge in [-0.1, -0.05) is 25.1 Å². The van der Waals surface area contributed by atoms with Crippen molar-refractivity contribution in [1.29, 1.82) is 0 Å². The van der Waals surface area contributed by atoms with Gasteiger partial charge in [0.25, 0.3) is 0 Å².